The fraction of sp³-hybridized carbons (Fsp3) is 0.300. The van der Waals surface area contributed by atoms with Gasteiger partial charge in [0.15, 0.2) is 0 Å². The third-order valence-corrected chi connectivity index (χ3v) is 2.48. The first-order valence-electron chi connectivity index (χ1n) is 4.60. The van der Waals surface area contributed by atoms with Gasteiger partial charge in [-0.1, -0.05) is 0 Å². The van der Waals surface area contributed by atoms with Crippen molar-refractivity contribution in [2.45, 2.75) is 11.8 Å². The van der Waals surface area contributed by atoms with Gasteiger partial charge in [0.2, 0.25) is 0 Å². The Morgan fingerprint density at radius 1 is 1.53 bits per heavy atom. The molecule has 0 atom stereocenters. The van der Waals surface area contributed by atoms with Crippen molar-refractivity contribution in [2.24, 2.45) is 0 Å². The predicted octanol–water partition coefficient (Wildman–Crippen LogP) is 1.80. The van der Waals surface area contributed by atoms with E-state index < -0.39 is 0 Å². The maximum Gasteiger partial charge on any atom is 0.251 e. The van der Waals surface area contributed by atoms with Crippen LogP contribution in [0, 0.1) is 5.82 Å². The van der Waals surface area contributed by atoms with Crippen LogP contribution in [0.1, 0.15) is 17.3 Å². The molecule has 2 N–H and O–H groups in total. The van der Waals surface area contributed by atoms with E-state index in [0.717, 1.165) is 11.9 Å². The SMILES string of the molecule is CCNC(=O)c1ccc(F)c(SNC)c1. The summed E-state index contributed by atoms with van der Waals surface area (Å²) in [7, 11) is 1.70. The summed E-state index contributed by atoms with van der Waals surface area (Å²) in [5.41, 5.74) is 0.469. The molecule has 0 fully saturated rings. The summed E-state index contributed by atoms with van der Waals surface area (Å²) < 4.78 is 16.0. The van der Waals surface area contributed by atoms with Gasteiger partial charge in [-0.25, -0.2) is 4.39 Å². The zero-order valence-electron chi connectivity index (χ0n) is 8.63. The van der Waals surface area contributed by atoms with Gasteiger partial charge < -0.3 is 5.32 Å². The van der Waals surface area contributed by atoms with E-state index in [9.17, 15) is 9.18 Å². The van der Waals surface area contributed by atoms with E-state index >= 15 is 0 Å². The molecule has 5 heteroatoms. The summed E-state index contributed by atoms with van der Waals surface area (Å²) in [5, 5.41) is 2.66. The van der Waals surface area contributed by atoms with Crippen LogP contribution >= 0.6 is 11.9 Å². The van der Waals surface area contributed by atoms with Crippen molar-refractivity contribution in [1.29, 1.82) is 0 Å². The quantitative estimate of drug-likeness (QED) is 0.772. The number of halogens is 1. The second-order valence-corrected chi connectivity index (χ2v) is 3.86. The minimum atomic E-state index is -0.331. The molecule has 0 saturated heterocycles. The molecule has 1 rings (SSSR count). The molecule has 1 aromatic carbocycles. The number of benzene rings is 1. The molecule has 0 radical (unpaired) electrons. The fourth-order valence-electron chi connectivity index (χ4n) is 1.10. The van der Waals surface area contributed by atoms with Gasteiger partial charge in [0.05, 0.1) is 4.90 Å². The largest absolute Gasteiger partial charge is 0.352 e. The topological polar surface area (TPSA) is 41.1 Å². The minimum Gasteiger partial charge on any atom is -0.352 e. The minimum absolute atomic E-state index is 0.185. The summed E-state index contributed by atoms with van der Waals surface area (Å²) in [6, 6.07) is 4.30. The summed E-state index contributed by atoms with van der Waals surface area (Å²) in [5.74, 6) is -0.516. The van der Waals surface area contributed by atoms with Crippen LogP contribution in [0.25, 0.3) is 0 Å². The Kier molecular flexibility index (Phi) is 4.58. The fourth-order valence-corrected chi connectivity index (χ4v) is 1.67. The number of rotatable bonds is 4. The highest BCUT2D eigenvalue weighted by atomic mass is 32.2. The second-order valence-electron chi connectivity index (χ2n) is 2.81. The molecule has 0 aliphatic heterocycles. The van der Waals surface area contributed by atoms with E-state index in [2.05, 4.69) is 10.0 Å². The van der Waals surface area contributed by atoms with Crippen LogP contribution in [0.5, 0.6) is 0 Å². The van der Waals surface area contributed by atoms with Crippen LogP contribution in [0.15, 0.2) is 23.1 Å². The lowest BCUT2D eigenvalue weighted by Crippen LogP contribution is -2.22. The van der Waals surface area contributed by atoms with Crippen molar-refractivity contribution in [3.63, 3.8) is 0 Å². The standard InChI is InChI=1S/C10H13FN2OS/c1-3-13-10(14)7-4-5-8(11)9(6-7)15-12-2/h4-6,12H,3H2,1-2H3,(H,13,14). The molecule has 0 bridgehead atoms. The monoisotopic (exact) mass is 228 g/mol. The molecule has 0 unspecified atom stereocenters. The lowest BCUT2D eigenvalue weighted by Gasteiger charge is -2.05. The van der Waals surface area contributed by atoms with E-state index in [1.165, 1.54) is 18.2 Å². The van der Waals surface area contributed by atoms with Gasteiger partial charge >= 0.3 is 0 Å². The van der Waals surface area contributed by atoms with Gasteiger partial charge in [0.1, 0.15) is 5.82 Å². The molecule has 0 aromatic heterocycles. The molecule has 0 heterocycles. The number of carbonyl (C=O) groups excluding carboxylic acids is 1. The first-order valence-corrected chi connectivity index (χ1v) is 5.42. The van der Waals surface area contributed by atoms with Crippen molar-refractivity contribution < 1.29 is 9.18 Å². The zero-order valence-corrected chi connectivity index (χ0v) is 9.45. The van der Waals surface area contributed by atoms with E-state index in [4.69, 9.17) is 0 Å². The Balaban J connectivity index is 2.91. The Hall–Kier alpha value is -1.07. The van der Waals surface area contributed by atoms with Crippen molar-refractivity contribution >= 4 is 17.9 Å². The molecule has 82 valence electrons. The number of nitrogens with one attached hydrogen (secondary N) is 2. The van der Waals surface area contributed by atoms with Crippen LogP contribution in [-0.2, 0) is 0 Å². The van der Waals surface area contributed by atoms with Crippen LogP contribution in [-0.4, -0.2) is 19.5 Å². The highest BCUT2D eigenvalue weighted by molar-refractivity contribution is 7.97. The zero-order chi connectivity index (χ0) is 11.3. The maximum absolute atomic E-state index is 13.2. The lowest BCUT2D eigenvalue weighted by molar-refractivity contribution is 0.0955. The van der Waals surface area contributed by atoms with Crippen molar-refractivity contribution in [3.05, 3.63) is 29.6 Å². The molecule has 0 saturated carbocycles. The average molecular weight is 228 g/mol. The van der Waals surface area contributed by atoms with Gasteiger partial charge in [0.25, 0.3) is 5.91 Å². The third-order valence-electron chi connectivity index (χ3n) is 1.74. The summed E-state index contributed by atoms with van der Waals surface area (Å²) >= 11 is 1.15. The molecule has 0 aliphatic rings. The van der Waals surface area contributed by atoms with Gasteiger partial charge in [-0.05, 0) is 44.1 Å². The van der Waals surface area contributed by atoms with E-state index in [0.29, 0.717) is 17.0 Å². The van der Waals surface area contributed by atoms with Gasteiger partial charge in [-0.3, -0.25) is 9.52 Å². The van der Waals surface area contributed by atoms with Crippen LogP contribution < -0.4 is 10.0 Å². The maximum atomic E-state index is 13.2. The Labute approximate surface area is 92.6 Å². The van der Waals surface area contributed by atoms with Crippen LogP contribution in [0.2, 0.25) is 0 Å². The molecular weight excluding hydrogens is 215 g/mol. The Morgan fingerprint density at radius 2 is 2.27 bits per heavy atom. The second kappa shape index (κ2) is 5.72. The van der Waals surface area contributed by atoms with E-state index in [-0.39, 0.29) is 11.7 Å². The molecule has 0 spiro atoms. The number of hydrogen-bond donors (Lipinski definition) is 2. The summed E-state index contributed by atoms with van der Waals surface area (Å²) in [6.07, 6.45) is 0. The van der Waals surface area contributed by atoms with Gasteiger partial charge in [-0.2, -0.15) is 0 Å². The first-order chi connectivity index (χ1) is 7.19. The van der Waals surface area contributed by atoms with E-state index in [1.54, 1.807) is 7.05 Å². The lowest BCUT2D eigenvalue weighted by atomic mass is 10.2. The number of carbonyl (C=O) groups is 1. The molecule has 3 nitrogen and oxygen atoms in total. The van der Waals surface area contributed by atoms with Crippen LogP contribution in [0.3, 0.4) is 0 Å². The molecule has 15 heavy (non-hydrogen) atoms. The Morgan fingerprint density at radius 3 is 2.87 bits per heavy atom. The molecular formula is C10H13FN2OS. The molecule has 0 aliphatic carbocycles. The normalized spacial score (nSPS) is 10.1. The van der Waals surface area contributed by atoms with Crippen molar-refractivity contribution in [1.82, 2.24) is 10.0 Å². The van der Waals surface area contributed by atoms with Gasteiger partial charge in [0, 0.05) is 12.1 Å². The summed E-state index contributed by atoms with van der Waals surface area (Å²) in [4.78, 5) is 11.9. The molecule has 1 amide bonds. The average Bonchev–Trinajstić information content (AvgIpc) is 2.22. The first kappa shape index (κ1) is 12.0. The molecule has 1 aromatic rings. The van der Waals surface area contributed by atoms with Crippen LogP contribution in [0.4, 0.5) is 4.39 Å². The third kappa shape index (κ3) is 3.21. The highest BCUT2D eigenvalue weighted by Crippen LogP contribution is 2.19. The Bertz CT molecular complexity index is 357. The predicted molar refractivity (Wildman–Crippen MR) is 59.3 cm³/mol. The number of hydrogen-bond acceptors (Lipinski definition) is 3. The van der Waals surface area contributed by atoms with E-state index in [1.807, 2.05) is 6.92 Å². The van der Waals surface area contributed by atoms with Crippen molar-refractivity contribution in [2.75, 3.05) is 13.6 Å². The smallest absolute Gasteiger partial charge is 0.251 e. The number of amides is 1. The summed E-state index contributed by atoms with van der Waals surface area (Å²) in [6.45, 7) is 2.40. The van der Waals surface area contributed by atoms with Gasteiger partial charge in [-0.15, -0.1) is 0 Å². The highest BCUT2D eigenvalue weighted by Gasteiger charge is 2.08. The van der Waals surface area contributed by atoms with Crippen molar-refractivity contribution in [3.8, 4) is 0 Å².